The lowest BCUT2D eigenvalue weighted by Crippen LogP contribution is -2.17. The minimum atomic E-state index is -0.467. The monoisotopic (exact) mass is 383 g/mol. The highest BCUT2D eigenvalue weighted by molar-refractivity contribution is 7.07. The predicted molar refractivity (Wildman–Crippen MR) is 104 cm³/mol. The molecule has 0 spiro atoms. The number of ether oxygens (including phenoxy) is 1. The summed E-state index contributed by atoms with van der Waals surface area (Å²) in [6, 6.07) is 8.24. The van der Waals surface area contributed by atoms with Gasteiger partial charge in [0.15, 0.2) is 4.80 Å². The Labute approximate surface area is 161 Å². The van der Waals surface area contributed by atoms with Gasteiger partial charge in [-0.3, -0.25) is 4.79 Å². The number of aryl methyl sites for hydroxylation is 2. The number of hydrogen-bond acceptors (Lipinski definition) is 4. The molecule has 0 atom stereocenters. The first kappa shape index (κ1) is 18.8. The third-order valence-electron chi connectivity index (χ3n) is 4.37. The molecule has 0 bridgehead atoms. The summed E-state index contributed by atoms with van der Waals surface area (Å²) in [5.41, 5.74) is 4.17. The van der Waals surface area contributed by atoms with Gasteiger partial charge in [-0.25, -0.2) is 4.79 Å². The van der Waals surface area contributed by atoms with E-state index in [1.54, 1.807) is 13.8 Å². The average molecular weight is 383 g/mol. The quantitative estimate of drug-likeness (QED) is 0.702. The molecule has 3 aromatic rings. The van der Waals surface area contributed by atoms with E-state index in [1.165, 1.54) is 24.0 Å². The van der Waals surface area contributed by atoms with Crippen molar-refractivity contribution in [1.29, 1.82) is 0 Å². The Balaban J connectivity index is 1.92. The molecular formula is C20H21N3O3S. The van der Waals surface area contributed by atoms with Gasteiger partial charge in [-0.15, -0.1) is 11.3 Å². The van der Waals surface area contributed by atoms with Crippen LogP contribution in [0.15, 0.2) is 40.8 Å². The van der Waals surface area contributed by atoms with Crippen LogP contribution in [0.1, 0.15) is 43.2 Å². The molecule has 2 aromatic heterocycles. The maximum atomic E-state index is 12.7. The van der Waals surface area contributed by atoms with Crippen molar-refractivity contribution in [3.8, 4) is 0 Å². The second-order valence-electron chi connectivity index (χ2n) is 6.33. The minimum Gasteiger partial charge on any atom is -0.465 e. The van der Waals surface area contributed by atoms with Crippen molar-refractivity contribution in [3.63, 3.8) is 0 Å². The molecular weight excluding hydrogens is 362 g/mol. The van der Waals surface area contributed by atoms with Gasteiger partial charge < -0.3 is 14.3 Å². The summed E-state index contributed by atoms with van der Waals surface area (Å²) in [6.07, 6.45) is 1.91. The number of carbonyl (C=O) groups is 2. The molecule has 0 saturated heterocycles. The summed E-state index contributed by atoms with van der Waals surface area (Å²) >= 11 is 1.39. The van der Waals surface area contributed by atoms with Crippen LogP contribution in [0.3, 0.4) is 0 Å². The Kier molecular flexibility index (Phi) is 5.41. The van der Waals surface area contributed by atoms with Crippen LogP contribution in [0.5, 0.6) is 0 Å². The van der Waals surface area contributed by atoms with E-state index in [9.17, 15) is 9.59 Å². The number of carbonyl (C=O) groups excluding carboxylic acids is 2. The molecule has 27 heavy (non-hydrogen) atoms. The first-order chi connectivity index (χ1) is 12.9. The fourth-order valence-electron chi connectivity index (χ4n) is 2.91. The Bertz CT molecular complexity index is 1060. The summed E-state index contributed by atoms with van der Waals surface area (Å²) in [7, 11) is 1.32. The Hall–Kier alpha value is -2.93. The van der Waals surface area contributed by atoms with Crippen LogP contribution >= 0.6 is 11.3 Å². The average Bonchev–Trinajstić information content (AvgIpc) is 3.20. The van der Waals surface area contributed by atoms with E-state index in [-0.39, 0.29) is 0 Å². The van der Waals surface area contributed by atoms with Gasteiger partial charge in [0.25, 0.3) is 5.91 Å². The smallest absolute Gasteiger partial charge is 0.339 e. The van der Waals surface area contributed by atoms with Crippen LogP contribution < -0.4 is 4.80 Å². The highest BCUT2D eigenvalue weighted by Gasteiger charge is 2.22. The zero-order valence-electron chi connectivity index (χ0n) is 15.7. The number of benzene rings is 1. The summed E-state index contributed by atoms with van der Waals surface area (Å²) in [5.74, 6) is -0.878. The van der Waals surface area contributed by atoms with Crippen LogP contribution in [0.2, 0.25) is 0 Å². The largest absolute Gasteiger partial charge is 0.465 e. The third kappa shape index (κ3) is 3.93. The van der Waals surface area contributed by atoms with Crippen molar-refractivity contribution in [2.75, 3.05) is 7.11 Å². The molecule has 6 nitrogen and oxygen atoms in total. The standard InChI is InChI=1S/C20H21N3O3S/c1-12-5-7-15(8-6-12)11-23-9-10-27-20(23)22-18(24)17-13(2)16(14(3)21-17)19(25)26-4/h5-10,21H,11H2,1-4H3. The second kappa shape index (κ2) is 7.75. The molecule has 0 radical (unpaired) electrons. The number of hydrogen-bond donors (Lipinski definition) is 1. The molecule has 1 N–H and O–H groups in total. The molecule has 7 heteroatoms. The van der Waals surface area contributed by atoms with Crippen LogP contribution in [0, 0.1) is 20.8 Å². The van der Waals surface area contributed by atoms with Crippen molar-refractivity contribution in [2.45, 2.75) is 27.3 Å². The molecule has 0 aliphatic carbocycles. The molecule has 140 valence electrons. The number of thiazole rings is 1. The van der Waals surface area contributed by atoms with Gasteiger partial charge in [0.2, 0.25) is 0 Å². The number of aromatic nitrogens is 2. The van der Waals surface area contributed by atoms with Crippen molar-refractivity contribution < 1.29 is 14.3 Å². The van der Waals surface area contributed by atoms with Gasteiger partial charge in [0.1, 0.15) is 5.69 Å². The van der Waals surface area contributed by atoms with Crippen LogP contribution in [-0.2, 0) is 11.3 Å². The van der Waals surface area contributed by atoms with E-state index in [0.717, 1.165) is 5.56 Å². The molecule has 0 saturated carbocycles. The molecule has 2 heterocycles. The lowest BCUT2D eigenvalue weighted by atomic mass is 10.1. The Morgan fingerprint density at radius 1 is 1.19 bits per heavy atom. The number of aromatic amines is 1. The lowest BCUT2D eigenvalue weighted by molar-refractivity contribution is 0.0599. The maximum absolute atomic E-state index is 12.7. The second-order valence-corrected chi connectivity index (χ2v) is 7.21. The van der Waals surface area contributed by atoms with Gasteiger partial charge in [-0.05, 0) is 31.9 Å². The number of methoxy groups -OCH3 is 1. The summed E-state index contributed by atoms with van der Waals surface area (Å²) in [4.78, 5) is 32.4. The number of nitrogens with zero attached hydrogens (tertiary/aromatic N) is 2. The van der Waals surface area contributed by atoms with E-state index in [2.05, 4.69) is 34.2 Å². The molecule has 1 amide bonds. The number of nitrogens with one attached hydrogen (secondary N) is 1. The summed E-state index contributed by atoms with van der Waals surface area (Å²) < 4.78 is 6.72. The van der Waals surface area contributed by atoms with Crippen LogP contribution in [0.25, 0.3) is 0 Å². The van der Waals surface area contributed by atoms with Gasteiger partial charge in [0.05, 0.1) is 12.7 Å². The zero-order valence-corrected chi connectivity index (χ0v) is 16.5. The van der Waals surface area contributed by atoms with E-state index in [1.807, 2.05) is 23.1 Å². The topological polar surface area (TPSA) is 76.5 Å². The number of esters is 1. The highest BCUT2D eigenvalue weighted by atomic mass is 32.1. The van der Waals surface area contributed by atoms with Gasteiger partial charge in [-0.1, -0.05) is 29.8 Å². The van der Waals surface area contributed by atoms with E-state index in [4.69, 9.17) is 4.74 Å². The molecule has 0 aliphatic rings. The molecule has 1 aromatic carbocycles. The zero-order chi connectivity index (χ0) is 19.6. The van der Waals surface area contributed by atoms with Gasteiger partial charge in [-0.2, -0.15) is 4.99 Å². The van der Waals surface area contributed by atoms with Crippen LogP contribution in [-0.4, -0.2) is 28.5 Å². The normalized spacial score (nSPS) is 11.6. The lowest BCUT2D eigenvalue weighted by Gasteiger charge is -2.04. The highest BCUT2D eigenvalue weighted by Crippen LogP contribution is 2.19. The molecule has 0 unspecified atom stereocenters. The molecule has 3 rings (SSSR count). The van der Waals surface area contributed by atoms with Gasteiger partial charge in [0, 0.05) is 23.8 Å². The summed E-state index contributed by atoms with van der Waals surface area (Å²) in [5, 5.41) is 1.90. The van der Waals surface area contributed by atoms with Crippen molar-refractivity contribution in [3.05, 3.63) is 74.3 Å². The fourth-order valence-corrected chi connectivity index (χ4v) is 3.64. The Morgan fingerprint density at radius 2 is 1.89 bits per heavy atom. The van der Waals surface area contributed by atoms with Crippen molar-refractivity contribution in [1.82, 2.24) is 9.55 Å². The Morgan fingerprint density at radius 3 is 2.56 bits per heavy atom. The third-order valence-corrected chi connectivity index (χ3v) is 5.17. The van der Waals surface area contributed by atoms with Crippen molar-refractivity contribution >= 4 is 23.2 Å². The molecule has 0 fully saturated rings. The van der Waals surface area contributed by atoms with Crippen molar-refractivity contribution in [2.24, 2.45) is 4.99 Å². The number of amides is 1. The predicted octanol–water partition coefficient (Wildman–Crippen LogP) is 3.38. The first-order valence-corrected chi connectivity index (χ1v) is 9.34. The maximum Gasteiger partial charge on any atom is 0.339 e. The summed E-state index contributed by atoms with van der Waals surface area (Å²) in [6.45, 7) is 6.13. The van der Waals surface area contributed by atoms with Crippen LogP contribution in [0.4, 0.5) is 0 Å². The van der Waals surface area contributed by atoms with E-state index in [0.29, 0.717) is 33.9 Å². The fraction of sp³-hybridized carbons (Fsp3) is 0.250. The van der Waals surface area contributed by atoms with E-state index >= 15 is 0 Å². The van der Waals surface area contributed by atoms with Gasteiger partial charge >= 0.3 is 5.97 Å². The number of rotatable bonds is 4. The first-order valence-electron chi connectivity index (χ1n) is 8.46. The van der Waals surface area contributed by atoms with E-state index < -0.39 is 11.9 Å². The minimum absolute atomic E-state index is 0.309. The molecule has 0 aliphatic heterocycles. The number of H-pyrrole nitrogens is 1. The SMILES string of the molecule is COC(=O)c1c(C)[nH]c(C(=O)N=c2sccn2Cc2ccc(C)cc2)c1C.